The lowest BCUT2D eigenvalue weighted by molar-refractivity contribution is 0.367. The van der Waals surface area contributed by atoms with E-state index in [2.05, 4.69) is 26.1 Å². The highest BCUT2D eigenvalue weighted by Crippen LogP contribution is 2.20. The van der Waals surface area contributed by atoms with Crippen LogP contribution in [0.1, 0.15) is 32.8 Å². The predicted octanol–water partition coefficient (Wildman–Crippen LogP) is 4.05. The molecule has 1 N–H and O–H groups in total. The van der Waals surface area contributed by atoms with Gasteiger partial charge >= 0.3 is 0 Å². The zero-order chi connectivity index (χ0) is 12.8. The fourth-order valence-electron chi connectivity index (χ4n) is 2.20. The lowest BCUT2D eigenvalue weighted by Gasteiger charge is -2.23. The van der Waals surface area contributed by atoms with Gasteiger partial charge < -0.3 is 5.32 Å². The van der Waals surface area contributed by atoms with Crippen LogP contribution in [0.2, 0.25) is 5.02 Å². The maximum Gasteiger partial charge on any atom is 0.126 e. The number of halogens is 2. The van der Waals surface area contributed by atoms with Gasteiger partial charge in [-0.25, -0.2) is 4.39 Å². The van der Waals surface area contributed by atoms with Crippen molar-refractivity contribution in [3.63, 3.8) is 0 Å². The molecule has 0 radical (unpaired) electrons. The van der Waals surface area contributed by atoms with Gasteiger partial charge in [-0.3, -0.25) is 0 Å². The summed E-state index contributed by atoms with van der Waals surface area (Å²) in [7, 11) is 0. The fourth-order valence-corrected chi connectivity index (χ4v) is 2.39. The van der Waals surface area contributed by atoms with Gasteiger partial charge in [0.2, 0.25) is 0 Å². The zero-order valence-corrected chi connectivity index (χ0v) is 11.5. The molecule has 1 rings (SSSR count). The summed E-state index contributed by atoms with van der Waals surface area (Å²) in [6, 6.07) is 5.19. The van der Waals surface area contributed by atoms with Crippen molar-refractivity contribution in [1.82, 2.24) is 5.32 Å². The minimum absolute atomic E-state index is 0.160. The second-order valence-corrected chi connectivity index (χ2v) is 4.93. The molecule has 0 aliphatic carbocycles. The second-order valence-electron chi connectivity index (χ2n) is 4.49. The summed E-state index contributed by atoms with van der Waals surface area (Å²) in [4.78, 5) is 0. The Hall–Kier alpha value is -0.600. The Labute approximate surface area is 108 Å². The third-order valence-corrected chi connectivity index (χ3v) is 3.38. The first-order valence-corrected chi connectivity index (χ1v) is 6.63. The van der Waals surface area contributed by atoms with Crippen LogP contribution in [0.4, 0.5) is 4.39 Å². The van der Waals surface area contributed by atoms with Gasteiger partial charge in [0.25, 0.3) is 0 Å². The molecular weight excluding hydrogens is 237 g/mol. The van der Waals surface area contributed by atoms with Crippen molar-refractivity contribution in [2.24, 2.45) is 5.92 Å². The molecule has 3 heteroatoms. The highest BCUT2D eigenvalue weighted by molar-refractivity contribution is 6.30. The molecule has 0 aliphatic heterocycles. The van der Waals surface area contributed by atoms with E-state index in [4.69, 9.17) is 11.6 Å². The van der Waals surface area contributed by atoms with E-state index in [9.17, 15) is 4.39 Å². The van der Waals surface area contributed by atoms with Gasteiger partial charge in [0.05, 0.1) is 0 Å². The van der Waals surface area contributed by atoms with Crippen LogP contribution in [0.15, 0.2) is 18.2 Å². The smallest absolute Gasteiger partial charge is 0.126 e. The van der Waals surface area contributed by atoms with Crippen LogP contribution in [-0.4, -0.2) is 12.6 Å². The van der Waals surface area contributed by atoms with E-state index in [1.54, 1.807) is 12.1 Å². The van der Waals surface area contributed by atoms with Crippen LogP contribution in [-0.2, 0) is 6.42 Å². The van der Waals surface area contributed by atoms with Crippen LogP contribution in [0.3, 0.4) is 0 Å². The third-order valence-electron chi connectivity index (χ3n) is 3.14. The van der Waals surface area contributed by atoms with Crippen LogP contribution in [0, 0.1) is 11.7 Å². The molecule has 0 saturated heterocycles. The average Bonchev–Trinajstić information content (AvgIpc) is 2.30. The molecule has 2 atom stereocenters. The van der Waals surface area contributed by atoms with Gasteiger partial charge in [-0.15, -0.1) is 0 Å². The number of hydrogen-bond donors (Lipinski definition) is 1. The van der Waals surface area contributed by atoms with Crippen molar-refractivity contribution < 1.29 is 4.39 Å². The minimum atomic E-state index is -0.160. The molecule has 96 valence electrons. The van der Waals surface area contributed by atoms with E-state index >= 15 is 0 Å². The maximum atomic E-state index is 13.6. The van der Waals surface area contributed by atoms with E-state index in [1.165, 1.54) is 6.07 Å². The highest BCUT2D eigenvalue weighted by atomic mass is 35.5. The van der Waals surface area contributed by atoms with Crippen LogP contribution < -0.4 is 5.32 Å². The summed E-state index contributed by atoms with van der Waals surface area (Å²) < 4.78 is 13.6. The van der Waals surface area contributed by atoms with Crippen molar-refractivity contribution in [2.75, 3.05) is 6.54 Å². The first-order chi connectivity index (χ1) is 8.08. The van der Waals surface area contributed by atoms with Gasteiger partial charge in [-0.05, 0) is 49.1 Å². The number of nitrogens with one attached hydrogen (secondary N) is 1. The molecule has 1 nitrogen and oxygen atoms in total. The van der Waals surface area contributed by atoms with E-state index in [1.807, 2.05) is 0 Å². The van der Waals surface area contributed by atoms with Gasteiger partial charge in [-0.2, -0.15) is 0 Å². The summed E-state index contributed by atoms with van der Waals surface area (Å²) in [5, 5.41) is 4.03. The molecule has 0 aromatic heterocycles. The summed E-state index contributed by atoms with van der Waals surface area (Å²) in [6.45, 7) is 7.34. The normalized spacial score (nSPS) is 14.6. The highest BCUT2D eigenvalue weighted by Gasteiger charge is 2.16. The third kappa shape index (κ3) is 4.29. The van der Waals surface area contributed by atoms with Crippen LogP contribution >= 0.6 is 11.6 Å². The average molecular weight is 258 g/mol. The lowest BCUT2D eigenvalue weighted by Crippen LogP contribution is -2.35. The Morgan fingerprint density at radius 3 is 2.65 bits per heavy atom. The number of benzene rings is 1. The first kappa shape index (κ1) is 14.5. The van der Waals surface area contributed by atoms with E-state index in [0.29, 0.717) is 22.5 Å². The number of rotatable bonds is 6. The molecule has 0 heterocycles. The Morgan fingerprint density at radius 1 is 1.35 bits per heavy atom. The molecule has 1 aromatic rings. The monoisotopic (exact) mass is 257 g/mol. The van der Waals surface area contributed by atoms with E-state index < -0.39 is 0 Å². The van der Waals surface area contributed by atoms with Crippen molar-refractivity contribution >= 4 is 11.6 Å². The second kappa shape index (κ2) is 6.97. The van der Waals surface area contributed by atoms with Gasteiger partial charge in [0.15, 0.2) is 0 Å². The minimum Gasteiger partial charge on any atom is -0.314 e. The summed E-state index contributed by atoms with van der Waals surface area (Å²) in [5.74, 6) is 0.237. The van der Waals surface area contributed by atoms with E-state index in [-0.39, 0.29) is 5.82 Å². The topological polar surface area (TPSA) is 12.0 Å². The molecule has 0 fully saturated rings. The molecule has 0 aliphatic rings. The first-order valence-electron chi connectivity index (χ1n) is 6.25. The Morgan fingerprint density at radius 2 is 2.06 bits per heavy atom. The van der Waals surface area contributed by atoms with Crippen LogP contribution in [0.5, 0.6) is 0 Å². The Balaban J connectivity index is 2.72. The summed E-state index contributed by atoms with van der Waals surface area (Å²) in [5.41, 5.74) is 0.710. The molecule has 2 unspecified atom stereocenters. The number of hydrogen-bond acceptors (Lipinski definition) is 1. The lowest BCUT2D eigenvalue weighted by atomic mass is 9.92. The summed E-state index contributed by atoms with van der Waals surface area (Å²) >= 11 is 5.89. The van der Waals surface area contributed by atoms with Gasteiger partial charge in [0, 0.05) is 11.1 Å². The fraction of sp³-hybridized carbons (Fsp3) is 0.571. The Kier molecular flexibility index (Phi) is 5.93. The molecule has 0 amide bonds. The van der Waals surface area contributed by atoms with Crippen molar-refractivity contribution in [1.29, 1.82) is 0 Å². The van der Waals surface area contributed by atoms with Gasteiger partial charge in [0.1, 0.15) is 5.82 Å². The van der Waals surface area contributed by atoms with Crippen molar-refractivity contribution in [2.45, 2.75) is 39.7 Å². The molecule has 0 spiro atoms. The van der Waals surface area contributed by atoms with Crippen LogP contribution in [0.25, 0.3) is 0 Å². The predicted molar refractivity (Wildman–Crippen MR) is 72.0 cm³/mol. The standard InChI is InChI=1S/C14H21ClFN/c1-4-14(17-5-2)10(3)8-11-9-12(15)6-7-13(11)16/h6-7,9-10,14,17H,4-5,8H2,1-3H3. The van der Waals surface area contributed by atoms with Crippen molar-refractivity contribution in [3.05, 3.63) is 34.6 Å². The van der Waals surface area contributed by atoms with Crippen molar-refractivity contribution in [3.8, 4) is 0 Å². The molecule has 17 heavy (non-hydrogen) atoms. The molecule has 1 aromatic carbocycles. The molecule has 0 bridgehead atoms. The van der Waals surface area contributed by atoms with Gasteiger partial charge in [-0.1, -0.05) is 32.4 Å². The zero-order valence-electron chi connectivity index (χ0n) is 10.8. The largest absolute Gasteiger partial charge is 0.314 e. The SMILES string of the molecule is CCNC(CC)C(C)Cc1cc(Cl)ccc1F. The maximum absolute atomic E-state index is 13.6. The molecular formula is C14H21ClFN. The quantitative estimate of drug-likeness (QED) is 0.811. The Bertz CT molecular complexity index is 354. The summed E-state index contributed by atoms with van der Waals surface area (Å²) in [6.07, 6.45) is 1.77. The molecule has 0 saturated carbocycles. The van der Waals surface area contributed by atoms with E-state index in [0.717, 1.165) is 19.4 Å².